The number of hydrogen-bond acceptors (Lipinski definition) is 3. The lowest BCUT2D eigenvalue weighted by molar-refractivity contribution is -0.138. The average Bonchev–Trinajstić information content (AvgIpc) is 2.37. The molecule has 1 aliphatic heterocycles. The molecule has 102 valence electrons. The maximum Gasteiger partial charge on any atom is 0.303 e. The van der Waals surface area contributed by atoms with Crippen LogP contribution in [-0.2, 0) is 14.3 Å². The summed E-state index contributed by atoms with van der Waals surface area (Å²) in [5, 5.41) is 8.70. The fourth-order valence-electron chi connectivity index (χ4n) is 2.11. The maximum atomic E-state index is 13.8. The van der Waals surface area contributed by atoms with Crippen molar-refractivity contribution in [2.45, 2.75) is 18.9 Å². The first-order valence-electron chi connectivity index (χ1n) is 5.95. The number of carbonyl (C=O) groups is 2. The Morgan fingerprint density at radius 2 is 2.21 bits per heavy atom. The molecule has 1 amide bonds. The summed E-state index contributed by atoms with van der Waals surface area (Å²) < 4.78 is 18.9. The highest BCUT2D eigenvalue weighted by Gasteiger charge is 2.31. The number of carboxylic acids is 1. The number of carbonyl (C=O) groups excluding carboxylic acids is 1. The predicted molar refractivity (Wildman–Crippen MR) is 65.4 cm³/mol. The lowest BCUT2D eigenvalue weighted by Gasteiger charge is -2.35. The Balaban J connectivity index is 2.23. The smallest absolute Gasteiger partial charge is 0.303 e. The Kier molecular flexibility index (Phi) is 4.11. The van der Waals surface area contributed by atoms with Crippen molar-refractivity contribution in [3.8, 4) is 0 Å². The van der Waals surface area contributed by atoms with E-state index >= 15 is 0 Å². The van der Waals surface area contributed by atoms with Crippen LogP contribution in [0, 0.1) is 5.82 Å². The van der Waals surface area contributed by atoms with E-state index in [0.29, 0.717) is 0 Å². The van der Waals surface area contributed by atoms with Crippen molar-refractivity contribution in [2.24, 2.45) is 0 Å². The second kappa shape index (κ2) is 5.79. The lowest BCUT2D eigenvalue weighted by Crippen LogP contribution is -2.50. The Morgan fingerprint density at radius 3 is 2.89 bits per heavy atom. The Bertz CT molecular complexity index is 491. The number of anilines is 1. The summed E-state index contributed by atoms with van der Waals surface area (Å²) in [5.41, 5.74) is 0.172. The van der Waals surface area contributed by atoms with Crippen LogP contribution in [0.2, 0.25) is 0 Å². The van der Waals surface area contributed by atoms with Crippen LogP contribution in [0.4, 0.5) is 10.1 Å². The number of benzene rings is 1. The molecule has 1 atom stereocenters. The van der Waals surface area contributed by atoms with Crippen LogP contribution in [0.25, 0.3) is 0 Å². The number of rotatable bonds is 4. The van der Waals surface area contributed by atoms with Gasteiger partial charge in [0.05, 0.1) is 18.3 Å². The summed E-state index contributed by atoms with van der Waals surface area (Å²) in [6, 6.07) is 5.50. The molecule has 0 aromatic heterocycles. The van der Waals surface area contributed by atoms with E-state index < -0.39 is 17.8 Å². The topological polar surface area (TPSA) is 66.8 Å². The third kappa shape index (κ3) is 3.08. The summed E-state index contributed by atoms with van der Waals surface area (Å²) >= 11 is 0. The van der Waals surface area contributed by atoms with Crippen LogP contribution in [0.5, 0.6) is 0 Å². The lowest BCUT2D eigenvalue weighted by atomic mass is 10.1. The Labute approximate surface area is 109 Å². The zero-order chi connectivity index (χ0) is 13.8. The number of morpholine rings is 1. The summed E-state index contributed by atoms with van der Waals surface area (Å²) in [6.07, 6.45) is 0.141. The first-order chi connectivity index (χ1) is 9.09. The number of halogens is 1. The van der Waals surface area contributed by atoms with Gasteiger partial charge in [-0.1, -0.05) is 12.1 Å². The van der Waals surface area contributed by atoms with Crippen LogP contribution in [0.1, 0.15) is 12.8 Å². The number of hydrogen-bond donors (Lipinski definition) is 1. The van der Waals surface area contributed by atoms with Gasteiger partial charge in [-0.3, -0.25) is 9.59 Å². The number of nitrogens with zero attached hydrogens (tertiary/aromatic N) is 1. The average molecular weight is 267 g/mol. The highest BCUT2D eigenvalue weighted by molar-refractivity contribution is 5.95. The van der Waals surface area contributed by atoms with E-state index in [1.54, 1.807) is 6.07 Å². The third-order valence-electron chi connectivity index (χ3n) is 2.97. The van der Waals surface area contributed by atoms with Crippen molar-refractivity contribution in [3.05, 3.63) is 30.1 Å². The molecule has 1 aliphatic rings. The molecule has 0 spiro atoms. The van der Waals surface area contributed by atoms with Crippen molar-refractivity contribution in [1.29, 1.82) is 0 Å². The predicted octanol–water partition coefficient (Wildman–Crippen LogP) is 1.42. The zero-order valence-corrected chi connectivity index (χ0v) is 10.2. The highest BCUT2D eigenvalue weighted by atomic mass is 19.1. The number of ether oxygens (including phenoxy) is 1. The van der Waals surface area contributed by atoms with Crippen LogP contribution in [0.15, 0.2) is 24.3 Å². The van der Waals surface area contributed by atoms with Crippen molar-refractivity contribution < 1.29 is 23.8 Å². The van der Waals surface area contributed by atoms with Crippen molar-refractivity contribution in [2.75, 3.05) is 18.1 Å². The van der Waals surface area contributed by atoms with E-state index in [1.807, 2.05) is 0 Å². The molecule has 1 fully saturated rings. The maximum absolute atomic E-state index is 13.8. The normalized spacial score (nSPS) is 19.5. The largest absolute Gasteiger partial charge is 0.481 e. The molecular weight excluding hydrogens is 253 g/mol. The molecule has 1 aromatic carbocycles. The number of carboxylic acid groups (broad SMARTS) is 1. The van der Waals surface area contributed by atoms with Crippen molar-refractivity contribution >= 4 is 17.6 Å². The van der Waals surface area contributed by atoms with Gasteiger partial charge in [-0.15, -0.1) is 0 Å². The number of para-hydroxylation sites is 1. The van der Waals surface area contributed by atoms with Gasteiger partial charge in [-0.25, -0.2) is 4.39 Å². The molecule has 1 aromatic rings. The second-order valence-corrected chi connectivity index (χ2v) is 4.32. The Morgan fingerprint density at radius 1 is 1.47 bits per heavy atom. The van der Waals surface area contributed by atoms with Crippen LogP contribution < -0.4 is 4.90 Å². The van der Waals surface area contributed by atoms with Gasteiger partial charge in [0.15, 0.2) is 0 Å². The fourth-order valence-corrected chi connectivity index (χ4v) is 2.11. The van der Waals surface area contributed by atoms with Gasteiger partial charge in [0.1, 0.15) is 12.4 Å². The molecule has 1 unspecified atom stereocenters. The van der Waals surface area contributed by atoms with Crippen molar-refractivity contribution in [1.82, 2.24) is 0 Å². The fraction of sp³-hybridized carbons (Fsp3) is 0.385. The Hall–Kier alpha value is -1.95. The first-order valence-corrected chi connectivity index (χ1v) is 5.95. The quantitative estimate of drug-likeness (QED) is 0.896. The molecule has 19 heavy (non-hydrogen) atoms. The van der Waals surface area contributed by atoms with E-state index in [1.165, 1.54) is 23.1 Å². The van der Waals surface area contributed by atoms with Gasteiger partial charge in [0.25, 0.3) is 5.91 Å². The second-order valence-electron chi connectivity index (χ2n) is 4.32. The molecule has 0 aliphatic carbocycles. The third-order valence-corrected chi connectivity index (χ3v) is 2.97. The molecule has 1 saturated heterocycles. The van der Waals surface area contributed by atoms with Gasteiger partial charge < -0.3 is 14.7 Å². The van der Waals surface area contributed by atoms with Gasteiger partial charge in [0, 0.05) is 6.42 Å². The van der Waals surface area contributed by atoms with E-state index in [-0.39, 0.29) is 37.6 Å². The zero-order valence-electron chi connectivity index (χ0n) is 10.2. The van der Waals surface area contributed by atoms with E-state index in [0.717, 1.165) is 0 Å². The van der Waals surface area contributed by atoms with Crippen molar-refractivity contribution in [3.63, 3.8) is 0 Å². The molecule has 0 radical (unpaired) electrons. The van der Waals surface area contributed by atoms with E-state index in [4.69, 9.17) is 9.84 Å². The standard InChI is InChI=1S/C13H14FNO4/c14-10-3-1-2-4-11(10)15-9(5-6-13(17)18)7-19-8-12(15)16/h1-4,9H,5-8H2,(H,17,18). The minimum Gasteiger partial charge on any atom is -0.481 e. The highest BCUT2D eigenvalue weighted by Crippen LogP contribution is 2.25. The molecule has 1 N–H and O–H groups in total. The summed E-state index contributed by atoms with van der Waals surface area (Å²) in [7, 11) is 0. The number of amides is 1. The minimum absolute atomic E-state index is 0.0910. The summed E-state index contributed by atoms with van der Waals surface area (Å²) in [5.74, 6) is -1.81. The molecule has 1 heterocycles. The molecular formula is C13H14FNO4. The molecule has 6 heteroatoms. The van der Waals surface area contributed by atoms with Gasteiger partial charge in [0.2, 0.25) is 0 Å². The molecule has 2 rings (SSSR count). The van der Waals surface area contributed by atoms with Crippen LogP contribution in [-0.4, -0.2) is 36.2 Å². The summed E-state index contributed by atoms with van der Waals surface area (Å²) in [6.45, 7) is 0.102. The first kappa shape index (κ1) is 13.5. The monoisotopic (exact) mass is 267 g/mol. The van der Waals surface area contributed by atoms with E-state index in [9.17, 15) is 14.0 Å². The molecule has 0 bridgehead atoms. The van der Waals surface area contributed by atoms with Gasteiger partial charge >= 0.3 is 5.97 Å². The number of aliphatic carboxylic acids is 1. The van der Waals surface area contributed by atoms with Gasteiger partial charge in [-0.2, -0.15) is 0 Å². The SMILES string of the molecule is O=C(O)CCC1COCC(=O)N1c1ccccc1F. The van der Waals surface area contributed by atoms with Crippen LogP contribution >= 0.6 is 0 Å². The molecule has 0 saturated carbocycles. The van der Waals surface area contributed by atoms with E-state index in [2.05, 4.69) is 0 Å². The minimum atomic E-state index is -0.952. The molecule has 5 nitrogen and oxygen atoms in total. The summed E-state index contributed by atoms with van der Waals surface area (Å²) in [4.78, 5) is 23.8. The van der Waals surface area contributed by atoms with Crippen LogP contribution in [0.3, 0.4) is 0 Å². The van der Waals surface area contributed by atoms with Gasteiger partial charge in [-0.05, 0) is 18.6 Å².